The van der Waals surface area contributed by atoms with E-state index >= 15 is 0 Å². The lowest BCUT2D eigenvalue weighted by molar-refractivity contribution is -0.131. The van der Waals surface area contributed by atoms with Gasteiger partial charge in [-0.1, -0.05) is 18.2 Å². The maximum atomic E-state index is 14.3. The van der Waals surface area contributed by atoms with Crippen LogP contribution in [0.2, 0.25) is 0 Å². The largest absolute Gasteiger partial charge is 0.357 e. The van der Waals surface area contributed by atoms with Crippen molar-refractivity contribution < 1.29 is 9.18 Å². The predicted molar refractivity (Wildman–Crippen MR) is 133 cm³/mol. The third-order valence-corrected chi connectivity index (χ3v) is 6.65. The van der Waals surface area contributed by atoms with Crippen LogP contribution in [0.4, 0.5) is 4.39 Å². The van der Waals surface area contributed by atoms with Gasteiger partial charge in [0.25, 0.3) is 0 Å². The number of likely N-dealkylation sites (tertiary alicyclic amines) is 1. The van der Waals surface area contributed by atoms with E-state index in [1.165, 1.54) is 0 Å². The van der Waals surface area contributed by atoms with Gasteiger partial charge < -0.3 is 15.1 Å². The predicted octanol–water partition coefficient (Wildman–Crippen LogP) is 2.68. The van der Waals surface area contributed by atoms with E-state index in [1.807, 2.05) is 17.0 Å². The number of halogens is 2. The van der Waals surface area contributed by atoms with Crippen LogP contribution in [0.25, 0.3) is 0 Å². The molecule has 1 aliphatic carbocycles. The molecule has 8 heteroatoms. The summed E-state index contributed by atoms with van der Waals surface area (Å²) in [6.07, 6.45) is 4.25. The van der Waals surface area contributed by atoms with E-state index in [2.05, 4.69) is 22.0 Å². The normalized spacial score (nSPS) is 21.0. The van der Waals surface area contributed by atoms with Crippen LogP contribution < -0.4 is 5.32 Å². The molecule has 1 saturated carbocycles. The topological polar surface area (TPSA) is 51.2 Å². The van der Waals surface area contributed by atoms with Crippen LogP contribution in [0.1, 0.15) is 38.2 Å². The number of amides is 1. The van der Waals surface area contributed by atoms with Crippen LogP contribution in [0.3, 0.4) is 0 Å². The first kappa shape index (κ1) is 24.2. The molecule has 0 bridgehead atoms. The fraction of sp³-hybridized carbons (Fsp3) is 0.652. The van der Waals surface area contributed by atoms with E-state index in [0.29, 0.717) is 13.1 Å². The van der Waals surface area contributed by atoms with Gasteiger partial charge in [0.2, 0.25) is 5.91 Å². The van der Waals surface area contributed by atoms with Crippen LogP contribution in [-0.4, -0.2) is 85.5 Å². The molecule has 2 heterocycles. The number of carbonyl (C=O) groups is 1. The minimum Gasteiger partial charge on any atom is -0.357 e. The number of carbonyl (C=O) groups excluding carboxylic acids is 1. The average molecular weight is 543 g/mol. The molecule has 3 fully saturated rings. The summed E-state index contributed by atoms with van der Waals surface area (Å²) in [5, 5.41) is 3.41. The molecule has 1 N–H and O–H groups in total. The molecular formula is C23H35FIN5O. The van der Waals surface area contributed by atoms with Crippen LogP contribution in [0.5, 0.6) is 0 Å². The van der Waals surface area contributed by atoms with Crippen molar-refractivity contribution in [3.05, 3.63) is 35.6 Å². The average Bonchev–Trinajstić information content (AvgIpc) is 3.33. The van der Waals surface area contributed by atoms with Crippen molar-refractivity contribution in [2.24, 2.45) is 4.99 Å². The number of nitrogens with one attached hydrogen (secondary N) is 1. The Morgan fingerprint density at radius 3 is 2.35 bits per heavy atom. The standard InChI is InChI=1S/C23H34FN5O.HI/c1-2-25-22(26-18-23(9-10-23)19-7-3-4-8-20(19)24)29-15-13-27(14-16-29)17-21(30)28-11-5-6-12-28;/h3-4,7-8H,2,5-6,9-18H2,1H3,(H,25,26);1H. The van der Waals surface area contributed by atoms with Gasteiger partial charge in [-0.2, -0.15) is 0 Å². The molecule has 0 unspecified atom stereocenters. The Kier molecular flexibility index (Phi) is 8.55. The number of benzene rings is 1. The van der Waals surface area contributed by atoms with E-state index in [-0.39, 0.29) is 41.1 Å². The number of aliphatic imine (C=N–C) groups is 1. The minimum absolute atomic E-state index is 0. The molecule has 1 aromatic rings. The second kappa shape index (κ2) is 10.9. The van der Waals surface area contributed by atoms with Crippen molar-refractivity contribution in [2.45, 2.75) is 38.0 Å². The first-order valence-electron chi connectivity index (χ1n) is 11.4. The summed E-state index contributed by atoms with van der Waals surface area (Å²) in [5.74, 6) is 1.05. The third-order valence-electron chi connectivity index (χ3n) is 6.65. The van der Waals surface area contributed by atoms with Crippen LogP contribution in [-0.2, 0) is 10.2 Å². The van der Waals surface area contributed by atoms with Gasteiger partial charge in [-0.3, -0.25) is 14.7 Å². The third kappa shape index (κ3) is 5.88. The number of hydrogen-bond acceptors (Lipinski definition) is 3. The molecule has 2 aliphatic heterocycles. The molecule has 172 valence electrons. The lowest BCUT2D eigenvalue weighted by Gasteiger charge is -2.36. The Morgan fingerprint density at radius 1 is 1.06 bits per heavy atom. The summed E-state index contributed by atoms with van der Waals surface area (Å²) in [6.45, 7) is 9.29. The lowest BCUT2D eigenvalue weighted by Crippen LogP contribution is -2.54. The maximum absolute atomic E-state index is 14.3. The zero-order valence-corrected chi connectivity index (χ0v) is 20.8. The Bertz CT molecular complexity index is 771. The van der Waals surface area contributed by atoms with Gasteiger partial charge in [-0.15, -0.1) is 24.0 Å². The lowest BCUT2D eigenvalue weighted by atomic mass is 9.95. The molecule has 4 rings (SSSR count). The first-order valence-corrected chi connectivity index (χ1v) is 11.4. The number of nitrogens with zero attached hydrogens (tertiary/aromatic N) is 4. The highest BCUT2D eigenvalue weighted by Gasteiger charge is 2.46. The maximum Gasteiger partial charge on any atom is 0.236 e. The Hall–Kier alpha value is -1.42. The monoisotopic (exact) mass is 543 g/mol. The van der Waals surface area contributed by atoms with Crippen molar-refractivity contribution in [2.75, 3.05) is 58.9 Å². The molecule has 0 radical (unpaired) electrons. The summed E-state index contributed by atoms with van der Waals surface area (Å²) in [5.41, 5.74) is 0.658. The zero-order valence-electron chi connectivity index (χ0n) is 18.5. The number of hydrogen-bond donors (Lipinski definition) is 1. The summed E-state index contributed by atoms with van der Waals surface area (Å²) in [4.78, 5) is 23.9. The fourth-order valence-electron chi connectivity index (χ4n) is 4.58. The molecular weight excluding hydrogens is 508 g/mol. The Morgan fingerprint density at radius 2 is 1.74 bits per heavy atom. The summed E-state index contributed by atoms with van der Waals surface area (Å²) in [7, 11) is 0. The van der Waals surface area contributed by atoms with Crippen LogP contribution in [0, 0.1) is 5.82 Å². The van der Waals surface area contributed by atoms with Crippen LogP contribution >= 0.6 is 24.0 Å². The van der Waals surface area contributed by atoms with Gasteiger partial charge in [0.1, 0.15) is 5.82 Å². The van der Waals surface area contributed by atoms with Crippen molar-refractivity contribution in [3.8, 4) is 0 Å². The summed E-state index contributed by atoms with van der Waals surface area (Å²) < 4.78 is 14.3. The van der Waals surface area contributed by atoms with E-state index in [9.17, 15) is 9.18 Å². The van der Waals surface area contributed by atoms with Gasteiger partial charge >= 0.3 is 0 Å². The molecule has 1 amide bonds. The van der Waals surface area contributed by atoms with E-state index < -0.39 is 0 Å². The molecule has 31 heavy (non-hydrogen) atoms. The second-order valence-corrected chi connectivity index (χ2v) is 8.78. The van der Waals surface area contributed by atoms with Crippen molar-refractivity contribution >= 4 is 35.8 Å². The SMILES string of the molecule is CCNC(=NCC1(c2ccccc2F)CC1)N1CCN(CC(=O)N2CCCC2)CC1.I. The highest BCUT2D eigenvalue weighted by molar-refractivity contribution is 14.0. The molecule has 0 atom stereocenters. The van der Waals surface area contributed by atoms with Gasteiger partial charge in [-0.25, -0.2) is 4.39 Å². The quantitative estimate of drug-likeness (QED) is 0.341. The highest BCUT2D eigenvalue weighted by atomic mass is 127. The van der Waals surface area contributed by atoms with Crippen molar-refractivity contribution in [1.82, 2.24) is 20.0 Å². The molecule has 2 saturated heterocycles. The van der Waals surface area contributed by atoms with Gasteiger partial charge in [0, 0.05) is 51.2 Å². The molecule has 1 aromatic carbocycles. The molecule has 0 spiro atoms. The Labute approximate surface area is 202 Å². The van der Waals surface area contributed by atoms with E-state index in [4.69, 9.17) is 4.99 Å². The molecule has 0 aromatic heterocycles. The van der Waals surface area contributed by atoms with E-state index in [0.717, 1.165) is 83.0 Å². The second-order valence-electron chi connectivity index (χ2n) is 8.78. The number of guanidine groups is 1. The number of rotatable bonds is 6. The summed E-state index contributed by atoms with van der Waals surface area (Å²) >= 11 is 0. The van der Waals surface area contributed by atoms with Crippen LogP contribution in [0.15, 0.2) is 29.3 Å². The Balaban J connectivity index is 0.00000272. The smallest absolute Gasteiger partial charge is 0.236 e. The fourth-order valence-corrected chi connectivity index (χ4v) is 4.58. The molecule has 3 aliphatic rings. The van der Waals surface area contributed by atoms with Gasteiger partial charge in [0.15, 0.2) is 5.96 Å². The highest BCUT2D eigenvalue weighted by Crippen LogP contribution is 2.49. The summed E-state index contributed by atoms with van der Waals surface area (Å²) in [6, 6.07) is 7.11. The van der Waals surface area contributed by atoms with Gasteiger partial charge in [0.05, 0.1) is 13.1 Å². The zero-order chi connectivity index (χ0) is 21.0. The van der Waals surface area contributed by atoms with Crippen molar-refractivity contribution in [3.63, 3.8) is 0 Å². The van der Waals surface area contributed by atoms with Crippen molar-refractivity contribution in [1.29, 1.82) is 0 Å². The first-order chi connectivity index (χ1) is 14.6. The minimum atomic E-state index is -0.143. The number of piperazine rings is 1. The van der Waals surface area contributed by atoms with Gasteiger partial charge in [-0.05, 0) is 44.2 Å². The van der Waals surface area contributed by atoms with E-state index in [1.54, 1.807) is 12.1 Å². The molecule has 6 nitrogen and oxygen atoms in total.